The van der Waals surface area contributed by atoms with E-state index >= 15 is 0 Å². The van der Waals surface area contributed by atoms with E-state index in [2.05, 4.69) is 12.6 Å². The third-order valence-electron chi connectivity index (χ3n) is 3.09. The second-order valence-electron chi connectivity index (χ2n) is 4.03. The van der Waals surface area contributed by atoms with E-state index in [4.69, 9.17) is 5.26 Å². The fourth-order valence-electron chi connectivity index (χ4n) is 2.22. The maximum atomic E-state index is 10.3. The van der Waals surface area contributed by atoms with E-state index in [1.54, 1.807) is 6.08 Å². The summed E-state index contributed by atoms with van der Waals surface area (Å²) in [6.07, 6.45) is 5.50. The van der Waals surface area contributed by atoms with Gasteiger partial charge in [-0.1, -0.05) is 18.9 Å². The van der Waals surface area contributed by atoms with Crippen molar-refractivity contribution in [1.82, 2.24) is 4.90 Å². The second-order valence-corrected chi connectivity index (χ2v) is 4.03. The lowest BCUT2D eigenvalue weighted by atomic mass is 9.79. The van der Waals surface area contributed by atoms with Crippen molar-refractivity contribution in [3.05, 3.63) is 12.7 Å². The summed E-state index contributed by atoms with van der Waals surface area (Å²) in [4.78, 5) is 1.92. The van der Waals surface area contributed by atoms with Gasteiger partial charge in [-0.3, -0.25) is 4.90 Å². The van der Waals surface area contributed by atoms with Crippen molar-refractivity contribution in [1.29, 1.82) is 5.26 Å². The molecule has 2 atom stereocenters. The zero-order valence-electron chi connectivity index (χ0n) is 8.74. The highest BCUT2D eigenvalue weighted by atomic mass is 16.3. The molecule has 1 rings (SSSR count). The molecule has 0 heterocycles. The Morgan fingerprint density at radius 1 is 1.71 bits per heavy atom. The molecule has 14 heavy (non-hydrogen) atoms. The summed E-state index contributed by atoms with van der Waals surface area (Å²) < 4.78 is 0. The van der Waals surface area contributed by atoms with Crippen molar-refractivity contribution in [3.63, 3.8) is 0 Å². The van der Waals surface area contributed by atoms with Crippen LogP contribution in [0.3, 0.4) is 0 Å². The second kappa shape index (κ2) is 4.59. The summed E-state index contributed by atoms with van der Waals surface area (Å²) >= 11 is 0. The predicted molar refractivity (Wildman–Crippen MR) is 55.6 cm³/mol. The Kier molecular flexibility index (Phi) is 3.68. The van der Waals surface area contributed by atoms with Gasteiger partial charge in [-0.05, 0) is 19.9 Å². The van der Waals surface area contributed by atoms with Gasteiger partial charge in [0.1, 0.15) is 0 Å². The molecular weight excluding hydrogens is 176 g/mol. The molecule has 1 aliphatic carbocycles. The largest absolute Gasteiger partial charge is 0.384 e. The van der Waals surface area contributed by atoms with Crippen LogP contribution in [0.5, 0.6) is 0 Å². The first-order valence-corrected chi connectivity index (χ1v) is 5.07. The molecular formula is C11H18N2O. The summed E-state index contributed by atoms with van der Waals surface area (Å²) in [5, 5.41) is 18.9. The molecule has 0 aliphatic heterocycles. The van der Waals surface area contributed by atoms with E-state index in [0.29, 0.717) is 6.54 Å². The molecule has 3 nitrogen and oxygen atoms in total. The summed E-state index contributed by atoms with van der Waals surface area (Å²) in [7, 11) is 1.88. The van der Waals surface area contributed by atoms with Crippen LogP contribution < -0.4 is 0 Å². The van der Waals surface area contributed by atoms with Crippen molar-refractivity contribution in [2.75, 3.05) is 13.6 Å². The Morgan fingerprint density at radius 3 is 3.00 bits per heavy atom. The van der Waals surface area contributed by atoms with Gasteiger partial charge in [0.25, 0.3) is 0 Å². The van der Waals surface area contributed by atoms with Crippen LogP contribution in [0.4, 0.5) is 0 Å². The molecule has 2 unspecified atom stereocenters. The molecule has 78 valence electrons. The SMILES string of the molecule is C=CC1(O)CCCCC1N(C)CC#N. The van der Waals surface area contributed by atoms with Gasteiger partial charge >= 0.3 is 0 Å². The molecule has 1 aliphatic rings. The lowest BCUT2D eigenvalue weighted by Crippen LogP contribution is -2.52. The first-order valence-electron chi connectivity index (χ1n) is 5.07. The highest BCUT2D eigenvalue weighted by Gasteiger charge is 2.38. The van der Waals surface area contributed by atoms with Gasteiger partial charge < -0.3 is 5.11 Å². The Labute approximate surface area is 85.6 Å². The fraction of sp³-hybridized carbons (Fsp3) is 0.727. The van der Waals surface area contributed by atoms with E-state index in [0.717, 1.165) is 25.7 Å². The minimum absolute atomic E-state index is 0.0494. The maximum Gasteiger partial charge on any atom is 0.0979 e. The van der Waals surface area contributed by atoms with Gasteiger partial charge in [-0.15, -0.1) is 6.58 Å². The first-order chi connectivity index (χ1) is 6.64. The van der Waals surface area contributed by atoms with E-state index in [9.17, 15) is 5.11 Å². The monoisotopic (exact) mass is 194 g/mol. The van der Waals surface area contributed by atoms with E-state index in [-0.39, 0.29) is 6.04 Å². The van der Waals surface area contributed by atoms with Crippen LogP contribution in [0, 0.1) is 11.3 Å². The highest BCUT2D eigenvalue weighted by molar-refractivity contribution is 5.07. The van der Waals surface area contributed by atoms with E-state index in [1.165, 1.54) is 0 Å². The van der Waals surface area contributed by atoms with Crippen molar-refractivity contribution in [3.8, 4) is 6.07 Å². The molecule has 0 spiro atoms. The molecule has 1 N–H and O–H groups in total. The maximum absolute atomic E-state index is 10.3. The van der Waals surface area contributed by atoms with Crippen LogP contribution in [-0.4, -0.2) is 35.2 Å². The Morgan fingerprint density at radius 2 is 2.43 bits per heavy atom. The minimum Gasteiger partial charge on any atom is -0.384 e. The molecule has 0 aromatic rings. The number of hydrogen-bond donors (Lipinski definition) is 1. The third kappa shape index (κ3) is 2.14. The number of likely N-dealkylation sites (N-methyl/N-ethyl adjacent to an activating group) is 1. The zero-order chi connectivity index (χ0) is 10.6. The van der Waals surface area contributed by atoms with Crippen LogP contribution in [0.1, 0.15) is 25.7 Å². The molecule has 1 saturated carbocycles. The van der Waals surface area contributed by atoms with Crippen LogP contribution in [0.25, 0.3) is 0 Å². The molecule has 0 radical (unpaired) electrons. The summed E-state index contributed by atoms with van der Waals surface area (Å²) in [5.74, 6) is 0. The summed E-state index contributed by atoms with van der Waals surface area (Å²) in [5.41, 5.74) is -0.802. The molecule has 0 amide bonds. The molecule has 0 saturated heterocycles. The summed E-state index contributed by atoms with van der Waals surface area (Å²) in [6.45, 7) is 4.05. The molecule has 0 aromatic heterocycles. The van der Waals surface area contributed by atoms with Gasteiger partial charge in [-0.25, -0.2) is 0 Å². The van der Waals surface area contributed by atoms with E-state index in [1.807, 2.05) is 11.9 Å². The molecule has 0 bridgehead atoms. The fourth-order valence-corrected chi connectivity index (χ4v) is 2.22. The number of nitrogens with zero attached hydrogens (tertiary/aromatic N) is 2. The average molecular weight is 194 g/mol. The first kappa shape index (κ1) is 11.2. The zero-order valence-corrected chi connectivity index (χ0v) is 8.74. The number of hydrogen-bond acceptors (Lipinski definition) is 3. The van der Waals surface area contributed by atoms with Crippen LogP contribution >= 0.6 is 0 Å². The Balaban J connectivity index is 2.73. The smallest absolute Gasteiger partial charge is 0.0979 e. The van der Waals surface area contributed by atoms with Gasteiger partial charge in [0, 0.05) is 6.04 Å². The third-order valence-corrected chi connectivity index (χ3v) is 3.09. The molecule has 3 heteroatoms. The van der Waals surface area contributed by atoms with Gasteiger partial charge in [0.15, 0.2) is 0 Å². The predicted octanol–water partition coefficient (Wildman–Crippen LogP) is 1.30. The number of nitriles is 1. The van der Waals surface area contributed by atoms with Gasteiger partial charge in [0.05, 0.1) is 18.2 Å². The van der Waals surface area contributed by atoms with Crippen LogP contribution in [0.2, 0.25) is 0 Å². The topological polar surface area (TPSA) is 47.3 Å². The standard InChI is InChI=1S/C11H18N2O/c1-3-11(14)7-5-4-6-10(11)13(2)9-8-12/h3,10,14H,1,4-7,9H2,2H3. The highest BCUT2D eigenvalue weighted by Crippen LogP contribution is 2.32. The van der Waals surface area contributed by atoms with Crippen molar-refractivity contribution >= 4 is 0 Å². The lowest BCUT2D eigenvalue weighted by molar-refractivity contribution is -0.0253. The normalized spacial score (nSPS) is 32.6. The van der Waals surface area contributed by atoms with Crippen molar-refractivity contribution < 1.29 is 5.11 Å². The Bertz CT molecular complexity index is 246. The van der Waals surface area contributed by atoms with Crippen LogP contribution in [0.15, 0.2) is 12.7 Å². The van der Waals surface area contributed by atoms with E-state index < -0.39 is 5.60 Å². The quantitative estimate of drug-likeness (QED) is 0.544. The molecule has 1 fully saturated rings. The van der Waals surface area contributed by atoms with Crippen molar-refractivity contribution in [2.24, 2.45) is 0 Å². The van der Waals surface area contributed by atoms with Crippen LogP contribution in [-0.2, 0) is 0 Å². The average Bonchev–Trinajstić information content (AvgIpc) is 2.19. The number of aliphatic hydroxyl groups is 1. The Hall–Kier alpha value is -0.850. The minimum atomic E-state index is -0.802. The number of rotatable bonds is 3. The van der Waals surface area contributed by atoms with Crippen molar-refractivity contribution in [2.45, 2.75) is 37.3 Å². The van der Waals surface area contributed by atoms with Gasteiger partial charge in [0.2, 0.25) is 0 Å². The molecule has 0 aromatic carbocycles. The van der Waals surface area contributed by atoms with Gasteiger partial charge in [-0.2, -0.15) is 5.26 Å². The lowest BCUT2D eigenvalue weighted by Gasteiger charge is -2.42. The summed E-state index contributed by atoms with van der Waals surface area (Å²) in [6, 6.07) is 2.16.